The first kappa shape index (κ1) is 15.1. The molecule has 2 N–H and O–H groups in total. The van der Waals surface area contributed by atoms with Crippen LogP contribution >= 0.6 is 0 Å². The Morgan fingerprint density at radius 3 is 2.52 bits per heavy atom. The van der Waals surface area contributed by atoms with Crippen molar-refractivity contribution in [3.05, 3.63) is 65.2 Å². The first-order valence-corrected chi connectivity index (χ1v) is 7.21. The van der Waals surface area contributed by atoms with Crippen LogP contribution in [0.5, 0.6) is 0 Å². The second-order valence-electron chi connectivity index (χ2n) is 5.37. The van der Waals surface area contributed by atoms with Crippen molar-refractivity contribution >= 4 is 11.6 Å². The summed E-state index contributed by atoms with van der Waals surface area (Å²) in [5.41, 5.74) is 4.45. The van der Waals surface area contributed by atoms with Crippen LogP contribution < -0.4 is 10.6 Å². The molecule has 0 fully saturated rings. The maximum Gasteiger partial charge on any atom is 0.239 e. The lowest BCUT2D eigenvalue weighted by atomic mass is 10.1. The molecule has 0 aliphatic carbocycles. The standard InChI is InChI=1S/C18H22N2O/c1-13-9-10-14(2)17(11-13)19-12-18(21)20-15(3)16-7-5-4-6-8-16/h4-11,15,19H,12H2,1-3H3,(H,20,21)/t15-/m1/s1. The van der Waals surface area contributed by atoms with E-state index in [1.54, 1.807) is 0 Å². The topological polar surface area (TPSA) is 41.1 Å². The number of benzene rings is 2. The van der Waals surface area contributed by atoms with Crippen molar-refractivity contribution < 1.29 is 4.79 Å². The van der Waals surface area contributed by atoms with E-state index in [9.17, 15) is 4.79 Å². The van der Waals surface area contributed by atoms with Crippen molar-refractivity contribution in [1.29, 1.82) is 0 Å². The molecule has 0 saturated heterocycles. The van der Waals surface area contributed by atoms with E-state index in [-0.39, 0.29) is 18.5 Å². The Hall–Kier alpha value is -2.29. The molecule has 0 heterocycles. The molecule has 0 bridgehead atoms. The summed E-state index contributed by atoms with van der Waals surface area (Å²) in [6.07, 6.45) is 0. The van der Waals surface area contributed by atoms with Crippen molar-refractivity contribution in [3.8, 4) is 0 Å². The van der Waals surface area contributed by atoms with Crippen LogP contribution in [0.4, 0.5) is 5.69 Å². The predicted octanol–water partition coefficient (Wildman–Crippen LogP) is 3.59. The van der Waals surface area contributed by atoms with Crippen molar-refractivity contribution in [1.82, 2.24) is 5.32 Å². The van der Waals surface area contributed by atoms with Crippen LogP contribution in [0.15, 0.2) is 48.5 Å². The van der Waals surface area contributed by atoms with Gasteiger partial charge in [0, 0.05) is 5.69 Å². The number of hydrogen-bond acceptors (Lipinski definition) is 2. The number of rotatable bonds is 5. The van der Waals surface area contributed by atoms with E-state index in [1.165, 1.54) is 5.56 Å². The molecule has 1 atom stereocenters. The molecule has 0 aromatic heterocycles. The summed E-state index contributed by atoms with van der Waals surface area (Å²) >= 11 is 0. The highest BCUT2D eigenvalue weighted by atomic mass is 16.1. The molecule has 0 radical (unpaired) electrons. The predicted molar refractivity (Wildman–Crippen MR) is 87.4 cm³/mol. The first-order valence-electron chi connectivity index (χ1n) is 7.21. The smallest absolute Gasteiger partial charge is 0.239 e. The van der Waals surface area contributed by atoms with Gasteiger partial charge in [-0.3, -0.25) is 4.79 Å². The molecule has 2 aromatic carbocycles. The van der Waals surface area contributed by atoms with Crippen molar-refractivity contribution in [3.63, 3.8) is 0 Å². The van der Waals surface area contributed by atoms with E-state index < -0.39 is 0 Å². The summed E-state index contributed by atoms with van der Waals surface area (Å²) in [5.74, 6) is -0.00717. The third-order valence-electron chi connectivity index (χ3n) is 3.51. The minimum absolute atomic E-state index is 0.00717. The van der Waals surface area contributed by atoms with Gasteiger partial charge in [-0.15, -0.1) is 0 Å². The summed E-state index contributed by atoms with van der Waals surface area (Å²) in [6, 6.07) is 16.2. The van der Waals surface area contributed by atoms with Gasteiger partial charge >= 0.3 is 0 Å². The van der Waals surface area contributed by atoms with E-state index >= 15 is 0 Å². The minimum Gasteiger partial charge on any atom is -0.376 e. The monoisotopic (exact) mass is 282 g/mol. The van der Waals surface area contributed by atoms with Crippen LogP contribution in [-0.4, -0.2) is 12.5 Å². The molecule has 0 spiro atoms. The number of carbonyl (C=O) groups excluding carboxylic acids is 1. The molecule has 3 nitrogen and oxygen atoms in total. The van der Waals surface area contributed by atoms with Crippen LogP contribution in [0.25, 0.3) is 0 Å². The number of amides is 1. The number of anilines is 1. The zero-order valence-corrected chi connectivity index (χ0v) is 12.8. The fourth-order valence-electron chi connectivity index (χ4n) is 2.22. The normalized spacial score (nSPS) is 11.8. The average Bonchev–Trinajstić information content (AvgIpc) is 2.49. The molecule has 2 aromatic rings. The highest BCUT2D eigenvalue weighted by Gasteiger charge is 2.09. The first-order chi connectivity index (χ1) is 10.1. The maximum atomic E-state index is 12.0. The molecule has 21 heavy (non-hydrogen) atoms. The molecule has 0 aliphatic heterocycles. The quantitative estimate of drug-likeness (QED) is 0.880. The summed E-state index contributed by atoms with van der Waals surface area (Å²) in [6.45, 7) is 6.35. The Labute approximate surface area is 126 Å². The number of nitrogens with one attached hydrogen (secondary N) is 2. The minimum atomic E-state index is -0.00717. The van der Waals surface area contributed by atoms with Gasteiger partial charge in [-0.2, -0.15) is 0 Å². The van der Waals surface area contributed by atoms with E-state index in [2.05, 4.69) is 28.8 Å². The van der Waals surface area contributed by atoms with Gasteiger partial charge in [0.15, 0.2) is 0 Å². The Bertz CT molecular complexity index is 608. The van der Waals surface area contributed by atoms with Crippen molar-refractivity contribution in [2.45, 2.75) is 26.8 Å². The lowest BCUT2D eigenvalue weighted by Crippen LogP contribution is -2.32. The molecule has 110 valence electrons. The summed E-state index contributed by atoms with van der Waals surface area (Å²) in [4.78, 5) is 12.0. The summed E-state index contributed by atoms with van der Waals surface area (Å²) in [7, 11) is 0. The number of aryl methyl sites for hydroxylation is 2. The Balaban J connectivity index is 1.89. The van der Waals surface area contributed by atoms with E-state index in [1.807, 2.05) is 51.1 Å². The van der Waals surface area contributed by atoms with E-state index in [0.29, 0.717) is 0 Å². The van der Waals surface area contributed by atoms with Crippen LogP contribution in [0.3, 0.4) is 0 Å². The third-order valence-corrected chi connectivity index (χ3v) is 3.51. The van der Waals surface area contributed by atoms with Gasteiger partial charge in [-0.1, -0.05) is 42.5 Å². The molecular weight excluding hydrogens is 260 g/mol. The van der Waals surface area contributed by atoms with Crippen molar-refractivity contribution in [2.24, 2.45) is 0 Å². The highest BCUT2D eigenvalue weighted by molar-refractivity contribution is 5.81. The fourth-order valence-corrected chi connectivity index (χ4v) is 2.22. The average molecular weight is 282 g/mol. The van der Waals surface area contributed by atoms with Crippen LogP contribution in [-0.2, 0) is 4.79 Å². The largest absolute Gasteiger partial charge is 0.376 e. The van der Waals surface area contributed by atoms with Gasteiger partial charge in [-0.25, -0.2) is 0 Å². The Morgan fingerprint density at radius 1 is 1.10 bits per heavy atom. The molecule has 2 rings (SSSR count). The number of carbonyl (C=O) groups is 1. The van der Waals surface area contributed by atoms with E-state index in [0.717, 1.165) is 16.8 Å². The Morgan fingerprint density at radius 2 is 1.81 bits per heavy atom. The zero-order chi connectivity index (χ0) is 15.2. The molecule has 0 aliphatic rings. The molecule has 0 saturated carbocycles. The third kappa shape index (κ3) is 4.35. The number of hydrogen-bond donors (Lipinski definition) is 2. The van der Waals surface area contributed by atoms with Gasteiger partial charge in [-0.05, 0) is 43.5 Å². The van der Waals surface area contributed by atoms with Crippen LogP contribution in [0.2, 0.25) is 0 Å². The van der Waals surface area contributed by atoms with E-state index in [4.69, 9.17) is 0 Å². The molecule has 0 unspecified atom stereocenters. The second kappa shape index (κ2) is 6.93. The van der Waals surface area contributed by atoms with Crippen LogP contribution in [0, 0.1) is 13.8 Å². The lowest BCUT2D eigenvalue weighted by Gasteiger charge is -2.15. The molecular formula is C18H22N2O. The van der Waals surface area contributed by atoms with Gasteiger partial charge in [0.25, 0.3) is 0 Å². The zero-order valence-electron chi connectivity index (χ0n) is 12.8. The van der Waals surface area contributed by atoms with Crippen molar-refractivity contribution in [2.75, 3.05) is 11.9 Å². The SMILES string of the molecule is Cc1ccc(C)c(NCC(=O)N[C@H](C)c2ccccc2)c1. The fraction of sp³-hybridized carbons (Fsp3) is 0.278. The second-order valence-corrected chi connectivity index (χ2v) is 5.37. The lowest BCUT2D eigenvalue weighted by molar-refractivity contribution is -0.120. The molecule has 1 amide bonds. The highest BCUT2D eigenvalue weighted by Crippen LogP contribution is 2.16. The Kier molecular flexibility index (Phi) is 4.99. The van der Waals surface area contributed by atoms with Crippen LogP contribution in [0.1, 0.15) is 29.7 Å². The van der Waals surface area contributed by atoms with Gasteiger partial charge in [0.1, 0.15) is 0 Å². The summed E-state index contributed by atoms with van der Waals surface area (Å²) < 4.78 is 0. The van der Waals surface area contributed by atoms with Gasteiger partial charge in [0.05, 0.1) is 12.6 Å². The molecule has 3 heteroatoms. The van der Waals surface area contributed by atoms with Gasteiger partial charge < -0.3 is 10.6 Å². The summed E-state index contributed by atoms with van der Waals surface area (Å²) in [5, 5.41) is 6.20. The van der Waals surface area contributed by atoms with Gasteiger partial charge in [0.2, 0.25) is 5.91 Å². The maximum absolute atomic E-state index is 12.0.